The number of amides is 2. The summed E-state index contributed by atoms with van der Waals surface area (Å²) in [6, 6.07) is 2.04. The van der Waals surface area contributed by atoms with Gasteiger partial charge in [-0.1, -0.05) is 6.92 Å². The summed E-state index contributed by atoms with van der Waals surface area (Å²) in [7, 11) is 0. The number of likely N-dealkylation sites (tertiary alicyclic amines) is 1. The molecule has 1 aromatic heterocycles. The Labute approximate surface area is 160 Å². The van der Waals surface area contributed by atoms with E-state index in [0.29, 0.717) is 26.2 Å². The first kappa shape index (κ1) is 19.4. The Morgan fingerprint density at radius 3 is 2.31 bits per heavy atom. The van der Waals surface area contributed by atoms with Crippen molar-refractivity contribution >= 4 is 23.2 Å². The first-order valence-electron chi connectivity index (χ1n) is 9.71. The van der Waals surface area contributed by atoms with Gasteiger partial charge in [-0.05, 0) is 51.7 Å². The van der Waals surface area contributed by atoms with Crippen LogP contribution >= 0.6 is 11.3 Å². The van der Waals surface area contributed by atoms with Crippen molar-refractivity contribution in [3.05, 3.63) is 21.4 Å². The number of morpholine rings is 1. The number of hydrogen-bond donors (Lipinski definition) is 0. The van der Waals surface area contributed by atoms with Gasteiger partial charge in [-0.3, -0.25) is 9.59 Å². The molecule has 3 heterocycles. The summed E-state index contributed by atoms with van der Waals surface area (Å²) in [5.41, 5.74) is 1.26. The second kappa shape index (κ2) is 8.09. The lowest BCUT2D eigenvalue weighted by molar-refractivity contribution is -0.148. The van der Waals surface area contributed by atoms with Crippen LogP contribution in [0.3, 0.4) is 0 Å². The number of piperidine rings is 1. The maximum atomic E-state index is 12.8. The number of nitrogens with zero attached hydrogens (tertiary/aromatic N) is 2. The molecule has 2 saturated heterocycles. The van der Waals surface area contributed by atoms with Crippen molar-refractivity contribution in [1.29, 1.82) is 0 Å². The fourth-order valence-corrected chi connectivity index (χ4v) is 5.16. The predicted octanol–water partition coefficient (Wildman–Crippen LogP) is 3.11. The normalized spacial score (nSPS) is 24.8. The molecule has 0 radical (unpaired) electrons. The molecule has 0 aliphatic carbocycles. The number of thiophene rings is 1. The largest absolute Gasteiger partial charge is 0.372 e. The van der Waals surface area contributed by atoms with Gasteiger partial charge >= 0.3 is 0 Å². The number of carbonyl (C=O) groups excluding carboxylic acids is 2. The molecule has 2 aliphatic rings. The molecular weight excluding hydrogens is 348 g/mol. The molecule has 5 nitrogen and oxygen atoms in total. The molecule has 6 heteroatoms. The number of ether oxygens (including phenoxy) is 1. The summed E-state index contributed by atoms with van der Waals surface area (Å²) < 4.78 is 5.73. The Hall–Kier alpha value is -1.40. The lowest BCUT2D eigenvalue weighted by atomic mass is 9.94. The van der Waals surface area contributed by atoms with E-state index in [1.54, 1.807) is 11.3 Å². The highest BCUT2D eigenvalue weighted by molar-refractivity contribution is 7.14. The zero-order chi connectivity index (χ0) is 18.8. The third kappa shape index (κ3) is 4.12. The highest BCUT2D eigenvalue weighted by Crippen LogP contribution is 2.27. The zero-order valence-electron chi connectivity index (χ0n) is 16.3. The van der Waals surface area contributed by atoms with Crippen molar-refractivity contribution in [2.24, 2.45) is 5.92 Å². The Kier molecular flexibility index (Phi) is 6.03. The molecule has 0 aromatic carbocycles. The standard InChI is InChI=1S/C20H30N2O3S/c1-5-16-10-18(26-15(16)4)20(24)21-8-6-17(7-9-21)19(23)22-11-13(2)25-14(3)12-22/h10,13-14,17H,5-9,11-12H2,1-4H3/t13-,14-/m0/s1. The second-order valence-electron chi connectivity index (χ2n) is 7.61. The van der Waals surface area contributed by atoms with Crippen LogP contribution in [0.15, 0.2) is 6.07 Å². The molecule has 2 atom stereocenters. The van der Waals surface area contributed by atoms with E-state index in [0.717, 1.165) is 24.1 Å². The fourth-order valence-electron chi connectivity index (χ4n) is 4.08. The van der Waals surface area contributed by atoms with Crippen LogP contribution in [0, 0.1) is 12.8 Å². The van der Waals surface area contributed by atoms with Crippen molar-refractivity contribution < 1.29 is 14.3 Å². The topological polar surface area (TPSA) is 49.9 Å². The Morgan fingerprint density at radius 2 is 1.77 bits per heavy atom. The van der Waals surface area contributed by atoms with E-state index in [2.05, 4.69) is 13.8 Å². The van der Waals surface area contributed by atoms with Crippen LogP contribution in [0.1, 0.15) is 53.7 Å². The van der Waals surface area contributed by atoms with E-state index in [1.165, 1.54) is 10.4 Å². The van der Waals surface area contributed by atoms with Crippen LogP contribution in [0.5, 0.6) is 0 Å². The molecule has 0 saturated carbocycles. The minimum absolute atomic E-state index is 0.0350. The molecule has 0 unspecified atom stereocenters. The van der Waals surface area contributed by atoms with Crippen molar-refractivity contribution in [3.63, 3.8) is 0 Å². The SMILES string of the molecule is CCc1cc(C(=O)N2CCC(C(=O)N3C[C@H](C)O[C@@H](C)C3)CC2)sc1C. The van der Waals surface area contributed by atoms with Gasteiger partial charge in [-0.15, -0.1) is 11.3 Å². The number of hydrogen-bond acceptors (Lipinski definition) is 4. The molecule has 0 N–H and O–H groups in total. The van der Waals surface area contributed by atoms with Crippen molar-refractivity contribution in [3.8, 4) is 0 Å². The third-order valence-electron chi connectivity index (χ3n) is 5.47. The summed E-state index contributed by atoms with van der Waals surface area (Å²) in [5, 5.41) is 0. The summed E-state index contributed by atoms with van der Waals surface area (Å²) in [5.74, 6) is 0.393. The zero-order valence-corrected chi connectivity index (χ0v) is 17.1. The summed E-state index contributed by atoms with van der Waals surface area (Å²) in [6.07, 6.45) is 2.67. The van der Waals surface area contributed by atoms with Gasteiger partial charge in [0, 0.05) is 37.0 Å². The Morgan fingerprint density at radius 1 is 1.15 bits per heavy atom. The monoisotopic (exact) mass is 378 g/mol. The van der Waals surface area contributed by atoms with Crippen LogP contribution in [0.25, 0.3) is 0 Å². The van der Waals surface area contributed by atoms with Gasteiger partial charge in [0.05, 0.1) is 17.1 Å². The van der Waals surface area contributed by atoms with Crippen LogP contribution in [0.2, 0.25) is 0 Å². The second-order valence-corrected chi connectivity index (χ2v) is 8.87. The van der Waals surface area contributed by atoms with Gasteiger partial charge in [-0.25, -0.2) is 0 Å². The van der Waals surface area contributed by atoms with E-state index >= 15 is 0 Å². The molecule has 2 aliphatic heterocycles. The average Bonchev–Trinajstić information content (AvgIpc) is 3.00. The van der Waals surface area contributed by atoms with Gasteiger partial charge in [0.15, 0.2) is 0 Å². The molecule has 144 valence electrons. The minimum atomic E-state index is 0.0350. The van der Waals surface area contributed by atoms with Crippen LogP contribution in [0.4, 0.5) is 0 Å². The first-order valence-corrected chi connectivity index (χ1v) is 10.5. The molecule has 2 amide bonds. The maximum absolute atomic E-state index is 12.8. The summed E-state index contributed by atoms with van der Waals surface area (Å²) >= 11 is 1.59. The number of rotatable bonds is 3. The Balaban J connectivity index is 1.56. The lowest BCUT2D eigenvalue weighted by Gasteiger charge is -2.39. The number of carbonyl (C=O) groups is 2. The molecule has 2 fully saturated rings. The first-order chi connectivity index (χ1) is 12.4. The highest BCUT2D eigenvalue weighted by Gasteiger charge is 2.34. The third-order valence-corrected chi connectivity index (χ3v) is 6.56. The van der Waals surface area contributed by atoms with Gasteiger partial charge < -0.3 is 14.5 Å². The molecular formula is C20H30N2O3S. The predicted molar refractivity (Wildman–Crippen MR) is 104 cm³/mol. The summed E-state index contributed by atoms with van der Waals surface area (Å²) in [6.45, 7) is 10.9. The van der Waals surface area contributed by atoms with Gasteiger partial charge in [-0.2, -0.15) is 0 Å². The van der Waals surface area contributed by atoms with Crippen LogP contribution in [-0.2, 0) is 16.0 Å². The molecule has 3 rings (SSSR count). The van der Waals surface area contributed by atoms with E-state index in [1.807, 2.05) is 29.7 Å². The van der Waals surface area contributed by atoms with Gasteiger partial charge in [0.1, 0.15) is 0 Å². The maximum Gasteiger partial charge on any atom is 0.263 e. The van der Waals surface area contributed by atoms with Crippen molar-refractivity contribution in [2.75, 3.05) is 26.2 Å². The Bertz CT molecular complexity index is 654. The van der Waals surface area contributed by atoms with Gasteiger partial charge in [0.25, 0.3) is 5.91 Å². The number of aryl methyl sites for hydroxylation is 2. The van der Waals surface area contributed by atoms with E-state index in [4.69, 9.17) is 4.74 Å². The van der Waals surface area contributed by atoms with Crippen LogP contribution < -0.4 is 0 Å². The molecule has 0 spiro atoms. The molecule has 0 bridgehead atoms. The smallest absolute Gasteiger partial charge is 0.263 e. The van der Waals surface area contributed by atoms with Crippen molar-refractivity contribution in [2.45, 2.75) is 59.2 Å². The molecule has 26 heavy (non-hydrogen) atoms. The molecule has 1 aromatic rings. The van der Waals surface area contributed by atoms with E-state index in [-0.39, 0.29) is 29.9 Å². The van der Waals surface area contributed by atoms with Crippen molar-refractivity contribution in [1.82, 2.24) is 9.80 Å². The summed E-state index contributed by atoms with van der Waals surface area (Å²) in [4.78, 5) is 31.6. The minimum Gasteiger partial charge on any atom is -0.372 e. The highest BCUT2D eigenvalue weighted by atomic mass is 32.1. The quantitative estimate of drug-likeness (QED) is 0.812. The fraction of sp³-hybridized carbons (Fsp3) is 0.700. The van der Waals surface area contributed by atoms with Crippen LogP contribution in [-0.4, -0.2) is 60.0 Å². The average molecular weight is 379 g/mol. The lowest BCUT2D eigenvalue weighted by Crippen LogP contribution is -2.51. The van der Waals surface area contributed by atoms with Gasteiger partial charge in [0.2, 0.25) is 5.91 Å². The van der Waals surface area contributed by atoms with E-state index < -0.39 is 0 Å². The van der Waals surface area contributed by atoms with E-state index in [9.17, 15) is 9.59 Å².